The standard InChI is InChI=1S/C26H22Br2N2O4S/c1-2-15-3-6-18(7-4-15)29-26-30-25(31)23(35-26)12-17-9-19(27)24(20(28)10-17)32-13-16-5-8-21-22(11-16)34-14-33-21/h3-12,26,29H,2,13-14H2,1H3,(H,30,31)/b23-12-/t26-/m0/s1. The van der Waals surface area contributed by atoms with Crippen LogP contribution in [-0.2, 0) is 17.8 Å². The molecule has 1 saturated heterocycles. The Morgan fingerprint density at radius 3 is 2.51 bits per heavy atom. The zero-order valence-corrected chi connectivity index (χ0v) is 22.8. The van der Waals surface area contributed by atoms with Crippen LogP contribution in [0.3, 0.4) is 0 Å². The highest BCUT2D eigenvalue weighted by molar-refractivity contribution is 9.11. The van der Waals surface area contributed by atoms with Crippen LogP contribution in [0.1, 0.15) is 23.6 Å². The van der Waals surface area contributed by atoms with Crippen molar-refractivity contribution in [3.05, 3.63) is 85.1 Å². The molecule has 1 atom stereocenters. The zero-order chi connectivity index (χ0) is 24.4. The Balaban J connectivity index is 1.25. The minimum absolute atomic E-state index is 0.104. The molecular weight excluding hydrogens is 596 g/mol. The molecule has 0 saturated carbocycles. The molecule has 2 aliphatic heterocycles. The molecule has 0 aromatic heterocycles. The van der Waals surface area contributed by atoms with Gasteiger partial charge in [0.25, 0.3) is 5.91 Å². The normalized spacial score (nSPS) is 17.5. The van der Waals surface area contributed by atoms with E-state index in [1.54, 1.807) is 0 Å². The number of ether oxygens (including phenoxy) is 3. The lowest BCUT2D eigenvalue weighted by atomic mass is 10.1. The third kappa shape index (κ3) is 5.63. The van der Waals surface area contributed by atoms with E-state index in [1.807, 2.05) is 48.5 Å². The second-order valence-electron chi connectivity index (χ2n) is 7.96. The summed E-state index contributed by atoms with van der Waals surface area (Å²) in [5.74, 6) is 2.05. The van der Waals surface area contributed by atoms with Crippen LogP contribution in [0.4, 0.5) is 5.69 Å². The van der Waals surface area contributed by atoms with Gasteiger partial charge in [0.05, 0.1) is 13.9 Å². The molecule has 0 spiro atoms. The summed E-state index contributed by atoms with van der Waals surface area (Å²) in [7, 11) is 0. The maximum atomic E-state index is 12.5. The Morgan fingerprint density at radius 2 is 1.77 bits per heavy atom. The van der Waals surface area contributed by atoms with Crippen molar-refractivity contribution in [3.8, 4) is 17.2 Å². The number of hydrogen-bond acceptors (Lipinski definition) is 6. The molecule has 0 radical (unpaired) electrons. The van der Waals surface area contributed by atoms with Gasteiger partial charge in [-0.25, -0.2) is 0 Å². The first-order valence-electron chi connectivity index (χ1n) is 11.0. The molecule has 2 heterocycles. The van der Waals surface area contributed by atoms with E-state index in [1.165, 1.54) is 17.3 Å². The molecule has 180 valence electrons. The fraction of sp³-hybridized carbons (Fsp3) is 0.192. The number of halogens is 2. The molecule has 2 aliphatic rings. The Labute approximate surface area is 224 Å². The maximum absolute atomic E-state index is 12.5. The summed E-state index contributed by atoms with van der Waals surface area (Å²) in [5, 5.41) is 6.33. The van der Waals surface area contributed by atoms with Crippen molar-refractivity contribution in [2.24, 2.45) is 0 Å². The van der Waals surface area contributed by atoms with Crippen LogP contribution in [0, 0.1) is 0 Å². The summed E-state index contributed by atoms with van der Waals surface area (Å²) >= 11 is 8.67. The molecular formula is C26H22Br2N2O4S. The number of benzene rings is 3. The van der Waals surface area contributed by atoms with E-state index in [4.69, 9.17) is 14.2 Å². The molecule has 5 rings (SSSR count). The molecule has 1 amide bonds. The summed E-state index contributed by atoms with van der Waals surface area (Å²) < 4.78 is 18.4. The number of carbonyl (C=O) groups excluding carboxylic acids is 1. The van der Waals surface area contributed by atoms with Gasteiger partial charge < -0.3 is 24.8 Å². The Bertz CT molecular complexity index is 1270. The first kappa shape index (κ1) is 24.1. The average Bonchev–Trinajstić information content (AvgIpc) is 3.44. The van der Waals surface area contributed by atoms with Crippen LogP contribution in [0.25, 0.3) is 6.08 Å². The third-order valence-corrected chi connectivity index (χ3v) is 7.74. The second kappa shape index (κ2) is 10.6. The second-order valence-corrected chi connectivity index (χ2v) is 10.8. The predicted octanol–water partition coefficient (Wildman–Crippen LogP) is 6.68. The van der Waals surface area contributed by atoms with E-state index < -0.39 is 0 Å². The number of nitrogens with one attached hydrogen (secondary N) is 2. The van der Waals surface area contributed by atoms with Crippen molar-refractivity contribution in [3.63, 3.8) is 0 Å². The Hall–Kier alpha value is -2.62. The molecule has 6 nitrogen and oxygen atoms in total. The quantitative estimate of drug-likeness (QED) is 0.288. The number of fused-ring (bicyclic) bond motifs is 1. The lowest BCUT2D eigenvalue weighted by molar-refractivity contribution is -0.116. The van der Waals surface area contributed by atoms with E-state index >= 15 is 0 Å². The number of amides is 1. The van der Waals surface area contributed by atoms with E-state index in [-0.39, 0.29) is 18.2 Å². The first-order valence-corrected chi connectivity index (χ1v) is 13.5. The molecule has 0 aliphatic carbocycles. The molecule has 35 heavy (non-hydrogen) atoms. The van der Waals surface area contributed by atoms with Crippen LogP contribution in [0.15, 0.2) is 68.4 Å². The van der Waals surface area contributed by atoms with Gasteiger partial charge in [0.1, 0.15) is 12.4 Å². The fourth-order valence-corrected chi connectivity index (χ4v) is 6.13. The van der Waals surface area contributed by atoms with Gasteiger partial charge in [0.2, 0.25) is 6.79 Å². The third-order valence-electron chi connectivity index (χ3n) is 5.53. The summed E-state index contributed by atoms with van der Waals surface area (Å²) in [6.45, 7) is 2.74. The van der Waals surface area contributed by atoms with Crippen molar-refractivity contribution < 1.29 is 19.0 Å². The van der Waals surface area contributed by atoms with Gasteiger partial charge in [-0.3, -0.25) is 4.79 Å². The number of aryl methyl sites for hydroxylation is 1. The summed E-state index contributed by atoms with van der Waals surface area (Å²) in [5.41, 5.74) is 3.87. The maximum Gasteiger partial charge on any atom is 0.260 e. The van der Waals surface area contributed by atoms with E-state index in [0.717, 1.165) is 43.7 Å². The molecule has 0 unspecified atom stereocenters. The smallest absolute Gasteiger partial charge is 0.260 e. The number of hydrogen-bond donors (Lipinski definition) is 2. The van der Waals surface area contributed by atoms with Gasteiger partial charge in [-0.05, 0) is 97.4 Å². The van der Waals surface area contributed by atoms with Crippen molar-refractivity contribution in [2.45, 2.75) is 25.4 Å². The molecule has 2 N–H and O–H groups in total. The Kier molecular flexibility index (Phi) is 7.27. The number of thioether (sulfide) groups is 1. The zero-order valence-electron chi connectivity index (χ0n) is 18.8. The van der Waals surface area contributed by atoms with Crippen LogP contribution in [-0.4, -0.2) is 18.2 Å². The molecule has 3 aromatic rings. The summed E-state index contributed by atoms with van der Waals surface area (Å²) in [6.07, 6.45) is 2.87. The summed E-state index contributed by atoms with van der Waals surface area (Å²) in [4.78, 5) is 13.2. The molecule has 9 heteroatoms. The number of rotatable bonds is 7. The van der Waals surface area contributed by atoms with Gasteiger partial charge in [0, 0.05) is 5.69 Å². The largest absolute Gasteiger partial charge is 0.487 e. The lowest BCUT2D eigenvalue weighted by Gasteiger charge is -2.13. The number of anilines is 1. The van der Waals surface area contributed by atoms with Gasteiger partial charge in [-0.15, -0.1) is 0 Å². The number of carbonyl (C=O) groups is 1. The molecule has 3 aromatic carbocycles. The highest BCUT2D eigenvalue weighted by Gasteiger charge is 2.27. The average molecular weight is 618 g/mol. The van der Waals surface area contributed by atoms with Crippen molar-refractivity contribution in [1.82, 2.24) is 5.32 Å². The minimum atomic E-state index is -0.225. The predicted molar refractivity (Wildman–Crippen MR) is 146 cm³/mol. The van der Waals surface area contributed by atoms with Crippen LogP contribution in [0.5, 0.6) is 17.2 Å². The van der Waals surface area contributed by atoms with Gasteiger partial charge in [0.15, 0.2) is 17.0 Å². The van der Waals surface area contributed by atoms with E-state index in [2.05, 4.69) is 61.5 Å². The van der Waals surface area contributed by atoms with Crippen molar-refractivity contribution >= 4 is 61.3 Å². The highest BCUT2D eigenvalue weighted by Crippen LogP contribution is 2.38. The van der Waals surface area contributed by atoms with Gasteiger partial charge >= 0.3 is 0 Å². The Morgan fingerprint density at radius 1 is 1.06 bits per heavy atom. The molecule has 0 bridgehead atoms. The summed E-state index contributed by atoms with van der Waals surface area (Å²) in [6, 6.07) is 17.9. The van der Waals surface area contributed by atoms with Crippen LogP contribution < -0.4 is 24.8 Å². The lowest BCUT2D eigenvalue weighted by Crippen LogP contribution is -2.30. The van der Waals surface area contributed by atoms with Gasteiger partial charge in [-0.2, -0.15) is 0 Å². The highest BCUT2D eigenvalue weighted by atomic mass is 79.9. The van der Waals surface area contributed by atoms with Crippen molar-refractivity contribution in [2.75, 3.05) is 12.1 Å². The fourth-order valence-electron chi connectivity index (χ4n) is 3.69. The molecule has 1 fully saturated rings. The van der Waals surface area contributed by atoms with E-state index in [9.17, 15) is 4.79 Å². The topological polar surface area (TPSA) is 68.8 Å². The SMILES string of the molecule is CCc1ccc(N[C@H]2NC(=O)/C(=C/c3cc(Br)c(OCc4ccc5c(c4)OCO5)c(Br)c3)S2)cc1. The monoisotopic (exact) mass is 616 g/mol. The minimum Gasteiger partial charge on any atom is -0.487 e. The first-order chi connectivity index (χ1) is 17.0. The van der Waals surface area contributed by atoms with E-state index in [0.29, 0.717) is 17.3 Å². The van der Waals surface area contributed by atoms with Gasteiger partial charge in [-0.1, -0.05) is 36.9 Å². The van der Waals surface area contributed by atoms with Crippen molar-refractivity contribution in [1.29, 1.82) is 0 Å². The van der Waals surface area contributed by atoms with Crippen LogP contribution >= 0.6 is 43.6 Å². The van der Waals surface area contributed by atoms with Crippen LogP contribution in [0.2, 0.25) is 0 Å².